The smallest absolute Gasteiger partial charge is 0.411 e. The lowest BCUT2D eigenvalue weighted by Gasteiger charge is -2.15. The van der Waals surface area contributed by atoms with Gasteiger partial charge in [0.1, 0.15) is 6.61 Å². The molecule has 1 heterocycles. The Morgan fingerprint density at radius 1 is 0.967 bits per heavy atom. The molecule has 3 N–H and O–H groups in total. The van der Waals surface area contributed by atoms with Crippen LogP contribution < -0.4 is 5.32 Å². The van der Waals surface area contributed by atoms with Crippen LogP contribution in [-0.4, -0.2) is 28.8 Å². The number of fused-ring (bicyclic) bond motifs is 4. The number of ether oxygens (including phenoxy) is 1. The van der Waals surface area contributed by atoms with Crippen molar-refractivity contribution in [1.82, 2.24) is 4.98 Å². The number of H-pyrrole nitrogens is 1. The number of carboxylic acid groups (broad SMARTS) is 1. The zero-order chi connectivity index (χ0) is 20.7. The molecule has 0 saturated heterocycles. The summed E-state index contributed by atoms with van der Waals surface area (Å²) in [5, 5.41) is 12.9. The van der Waals surface area contributed by atoms with E-state index < -0.39 is 12.1 Å². The van der Waals surface area contributed by atoms with Gasteiger partial charge in [-0.3, -0.25) is 5.32 Å². The zero-order valence-electron chi connectivity index (χ0n) is 15.9. The molecule has 6 heteroatoms. The molecule has 0 saturated carbocycles. The molecule has 0 spiro atoms. The van der Waals surface area contributed by atoms with Crippen LogP contribution in [0, 0.1) is 0 Å². The molecule has 0 radical (unpaired) electrons. The fourth-order valence-corrected chi connectivity index (χ4v) is 4.13. The lowest BCUT2D eigenvalue weighted by molar-refractivity contribution is 0.0698. The topological polar surface area (TPSA) is 91.4 Å². The SMILES string of the molecule is O=C(Nc1cc2cc[nH]c2cc1C(=O)O)OCC1c2ccccc2-c2ccccc21. The van der Waals surface area contributed by atoms with Gasteiger partial charge in [-0.05, 0) is 40.5 Å². The Morgan fingerprint density at radius 3 is 2.30 bits per heavy atom. The van der Waals surface area contributed by atoms with Crippen molar-refractivity contribution in [2.24, 2.45) is 0 Å². The number of carboxylic acids is 1. The van der Waals surface area contributed by atoms with Crippen molar-refractivity contribution < 1.29 is 19.4 Å². The molecular formula is C24H18N2O4. The van der Waals surface area contributed by atoms with E-state index in [4.69, 9.17) is 4.74 Å². The number of anilines is 1. The van der Waals surface area contributed by atoms with Crippen LogP contribution in [0.4, 0.5) is 10.5 Å². The molecule has 0 fully saturated rings. The lowest BCUT2D eigenvalue weighted by Crippen LogP contribution is -2.19. The maximum absolute atomic E-state index is 12.5. The van der Waals surface area contributed by atoms with E-state index >= 15 is 0 Å². The summed E-state index contributed by atoms with van der Waals surface area (Å²) in [5.74, 6) is -1.19. The number of carbonyl (C=O) groups is 2. The van der Waals surface area contributed by atoms with Gasteiger partial charge in [-0.1, -0.05) is 48.5 Å². The molecule has 1 aliphatic rings. The molecule has 148 valence electrons. The molecule has 1 aromatic heterocycles. The fraction of sp³-hybridized carbons (Fsp3) is 0.0833. The highest BCUT2D eigenvalue weighted by atomic mass is 16.5. The summed E-state index contributed by atoms with van der Waals surface area (Å²) >= 11 is 0. The van der Waals surface area contributed by atoms with Gasteiger partial charge in [-0.2, -0.15) is 0 Å². The first-order valence-electron chi connectivity index (χ1n) is 9.58. The lowest BCUT2D eigenvalue weighted by atomic mass is 9.98. The second-order valence-corrected chi connectivity index (χ2v) is 7.22. The maximum Gasteiger partial charge on any atom is 0.411 e. The molecule has 1 aliphatic carbocycles. The third-order valence-electron chi connectivity index (χ3n) is 5.50. The number of hydrogen-bond donors (Lipinski definition) is 3. The maximum atomic E-state index is 12.5. The molecule has 1 amide bonds. The van der Waals surface area contributed by atoms with Gasteiger partial charge in [0, 0.05) is 23.0 Å². The molecule has 0 aliphatic heterocycles. The van der Waals surface area contributed by atoms with Crippen LogP contribution in [0.2, 0.25) is 0 Å². The van der Waals surface area contributed by atoms with Crippen LogP contribution in [0.1, 0.15) is 27.4 Å². The predicted octanol–water partition coefficient (Wildman–Crippen LogP) is 5.23. The van der Waals surface area contributed by atoms with E-state index in [-0.39, 0.29) is 23.8 Å². The van der Waals surface area contributed by atoms with Crippen LogP contribution in [0.15, 0.2) is 72.9 Å². The number of nitrogens with one attached hydrogen (secondary N) is 2. The summed E-state index contributed by atoms with van der Waals surface area (Å²) in [6, 6.07) is 21.1. The van der Waals surface area contributed by atoms with Crippen molar-refractivity contribution in [3.63, 3.8) is 0 Å². The number of aromatic nitrogens is 1. The van der Waals surface area contributed by atoms with Crippen molar-refractivity contribution in [1.29, 1.82) is 0 Å². The first-order chi connectivity index (χ1) is 14.6. The Hall–Kier alpha value is -4.06. The van der Waals surface area contributed by atoms with Crippen LogP contribution in [0.25, 0.3) is 22.0 Å². The van der Waals surface area contributed by atoms with Gasteiger partial charge in [0.05, 0.1) is 11.3 Å². The molecule has 30 heavy (non-hydrogen) atoms. The molecule has 0 bridgehead atoms. The van der Waals surface area contributed by atoms with Gasteiger partial charge in [-0.15, -0.1) is 0 Å². The average molecular weight is 398 g/mol. The minimum atomic E-state index is -1.12. The van der Waals surface area contributed by atoms with Crippen LogP contribution in [-0.2, 0) is 4.74 Å². The molecule has 0 unspecified atom stereocenters. The van der Waals surface area contributed by atoms with Gasteiger partial charge >= 0.3 is 12.1 Å². The van der Waals surface area contributed by atoms with Gasteiger partial charge in [0.25, 0.3) is 0 Å². The van der Waals surface area contributed by atoms with Crippen molar-refractivity contribution in [3.8, 4) is 11.1 Å². The highest BCUT2D eigenvalue weighted by Gasteiger charge is 2.29. The molecule has 6 nitrogen and oxygen atoms in total. The molecule has 5 rings (SSSR count). The minimum Gasteiger partial charge on any atom is -0.478 e. The Balaban J connectivity index is 1.37. The zero-order valence-corrected chi connectivity index (χ0v) is 15.9. The van der Waals surface area contributed by atoms with Crippen molar-refractivity contribution in [3.05, 3.63) is 89.6 Å². The van der Waals surface area contributed by atoms with Gasteiger partial charge in [0.2, 0.25) is 0 Å². The molecular weight excluding hydrogens is 380 g/mol. The molecule has 4 aromatic rings. The van der Waals surface area contributed by atoms with E-state index in [2.05, 4.69) is 22.4 Å². The summed E-state index contributed by atoms with van der Waals surface area (Å²) in [7, 11) is 0. The fourth-order valence-electron chi connectivity index (χ4n) is 4.13. The third kappa shape index (κ3) is 2.99. The number of amides is 1. The Labute approximate surface area is 172 Å². The normalized spacial score (nSPS) is 12.4. The second-order valence-electron chi connectivity index (χ2n) is 7.22. The number of rotatable bonds is 4. The second kappa shape index (κ2) is 7.08. The summed E-state index contributed by atoms with van der Waals surface area (Å²) in [5.41, 5.74) is 5.41. The van der Waals surface area contributed by atoms with Gasteiger partial charge < -0.3 is 14.8 Å². The summed E-state index contributed by atoms with van der Waals surface area (Å²) in [6.07, 6.45) is 1.03. The number of aromatic carboxylic acids is 1. The van der Waals surface area contributed by atoms with Crippen LogP contribution >= 0.6 is 0 Å². The van der Waals surface area contributed by atoms with Crippen molar-refractivity contribution in [2.75, 3.05) is 11.9 Å². The highest BCUT2D eigenvalue weighted by molar-refractivity contribution is 6.03. The summed E-state index contributed by atoms with van der Waals surface area (Å²) in [4.78, 5) is 27.1. The Kier molecular flexibility index (Phi) is 4.25. The quantitative estimate of drug-likeness (QED) is 0.439. The molecule has 3 aromatic carbocycles. The number of carbonyl (C=O) groups excluding carboxylic acids is 1. The van der Waals surface area contributed by atoms with E-state index in [1.807, 2.05) is 42.5 Å². The van der Waals surface area contributed by atoms with E-state index in [0.29, 0.717) is 5.52 Å². The van der Waals surface area contributed by atoms with Crippen LogP contribution in [0.3, 0.4) is 0 Å². The number of aromatic amines is 1. The first kappa shape index (κ1) is 18.0. The van der Waals surface area contributed by atoms with Gasteiger partial charge in [-0.25, -0.2) is 9.59 Å². The van der Waals surface area contributed by atoms with E-state index in [0.717, 1.165) is 27.6 Å². The van der Waals surface area contributed by atoms with Crippen molar-refractivity contribution >= 4 is 28.7 Å². The van der Waals surface area contributed by atoms with E-state index in [9.17, 15) is 14.7 Å². The summed E-state index contributed by atoms with van der Waals surface area (Å²) < 4.78 is 5.52. The van der Waals surface area contributed by atoms with Crippen molar-refractivity contribution in [2.45, 2.75) is 5.92 Å². The predicted molar refractivity (Wildman–Crippen MR) is 114 cm³/mol. The Morgan fingerprint density at radius 2 is 1.63 bits per heavy atom. The average Bonchev–Trinajstić information content (AvgIpc) is 3.33. The monoisotopic (exact) mass is 398 g/mol. The third-order valence-corrected chi connectivity index (χ3v) is 5.50. The highest BCUT2D eigenvalue weighted by Crippen LogP contribution is 2.44. The minimum absolute atomic E-state index is 0.00143. The standard InChI is InChI=1S/C24H18N2O4/c27-23(28)19-12-21-14(9-10-25-21)11-22(19)26-24(29)30-13-20-17-7-3-1-5-15(17)16-6-2-4-8-18(16)20/h1-12,20,25H,13H2,(H,26,29)(H,27,28). The van der Waals surface area contributed by atoms with Crippen LogP contribution in [0.5, 0.6) is 0 Å². The van der Waals surface area contributed by atoms with E-state index in [1.165, 1.54) is 6.07 Å². The number of benzene rings is 3. The first-order valence-corrected chi connectivity index (χ1v) is 9.58. The van der Waals surface area contributed by atoms with Gasteiger partial charge in [0.15, 0.2) is 0 Å². The number of hydrogen-bond acceptors (Lipinski definition) is 3. The van der Waals surface area contributed by atoms with E-state index in [1.54, 1.807) is 12.3 Å². The molecule has 0 atom stereocenters. The summed E-state index contributed by atoms with van der Waals surface area (Å²) in [6.45, 7) is 0.161. The largest absolute Gasteiger partial charge is 0.478 e. The Bertz CT molecular complexity index is 1250.